The van der Waals surface area contributed by atoms with Gasteiger partial charge in [-0.05, 0) is 36.6 Å². The van der Waals surface area contributed by atoms with Crippen molar-refractivity contribution >= 4 is 16.9 Å². The molecule has 1 amide bonds. The first kappa shape index (κ1) is 17.4. The van der Waals surface area contributed by atoms with Crippen molar-refractivity contribution in [1.29, 1.82) is 0 Å². The maximum Gasteiger partial charge on any atom is 0.283 e. The normalized spacial score (nSPS) is 14.7. The molecular weight excluding hydrogens is 349 g/mol. The molecule has 0 atom stereocenters. The van der Waals surface area contributed by atoms with Crippen molar-refractivity contribution in [2.24, 2.45) is 5.92 Å². The number of carbonyl (C=O) groups is 1. The SMILES string of the molecule is O=C(CCC1CCCC1)Nn1cnc2c(cnn2-c2ccc(F)cc2)c1=O. The highest BCUT2D eigenvalue weighted by Crippen LogP contribution is 2.28. The number of hydrogen-bond donors (Lipinski definition) is 1. The summed E-state index contributed by atoms with van der Waals surface area (Å²) in [4.78, 5) is 29.0. The Bertz CT molecular complexity index is 1020. The molecule has 140 valence electrons. The third-order valence-corrected chi connectivity index (χ3v) is 5.06. The number of rotatable bonds is 5. The Morgan fingerprint density at radius 1 is 1.22 bits per heavy atom. The minimum atomic E-state index is -0.400. The van der Waals surface area contributed by atoms with Crippen molar-refractivity contribution in [1.82, 2.24) is 19.4 Å². The number of fused-ring (bicyclic) bond motifs is 1. The fourth-order valence-corrected chi connectivity index (χ4v) is 3.59. The molecule has 0 bridgehead atoms. The zero-order chi connectivity index (χ0) is 18.8. The first-order valence-corrected chi connectivity index (χ1v) is 9.13. The molecule has 1 N–H and O–H groups in total. The van der Waals surface area contributed by atoms with Gasteiger partial charge in [-0.15, -0.1) is 0 Å². The average Bonchev–Trinajstić information content (AvgIpc) is 3.33. The first-order chi connectivity index (χ1) is 13.1. The summed E-state index contributed by atoms with van der Waals surface area (Å²) in [5.41, 5.74) is 3.14. The lowest BCUT2D eigenvalue weighted by molar-refractivity contribution is -0.117. The predicted molar refractivity (Wildman–Crippen MR) is 98.6 cm³/mol. The van der Waals surface area contributed by atoms with E-state index in [0.717, 1.165) is 11.1 Å². The Hall–Kier alpha value is -3.03. The molecule has 1 aromatic carbocycles. The molecule has 8 heteroatoms. The smallest absolute Gasteiger partial charge is 0.273 e. The molecular formula is C19H20FN5O2. The van der Waals surface area contributed by atoms with Crippen molar-refractivity contribution in [3.63, 3.8) is 0 Å². The highest BCUT2D eigenvalue weighted by molar-refractivity contribution is 5.84. The molecule has 0 aliphatic heterocycles. The zero-order valence-electron chi connectivity index (χ0n) is 14.8. The van der Waals surface area contributed by atoms with Gasteiger partial charge in [0.25, 0.3) is 5.56 Å². The van der Waals surface area contributed by atoms with Crippen molar-refractivity contribution in [3.05, 3.63) is 53.0 Å². The average molecular weight is 369 g/mol. The van der Waals surface area contributed by atoms with E-state index >= 15 is 0 Å². The minimum absolute atomic E-state index is 0.198. The molecule has 2 heterocycles. The summed E-state index contributed by atoms with van der Waals surface area (Å²) in [7, 11) is 0. The topological polar surface area (TPSA) is 81.8 Å². The van der Waals surface area contributed by atoms with Gasteiger partial charge in [-0.1, -0.05) is 25.7 Å². The summed E-state index contributed by atoms with van der Waals surface area (Å²) in [6.45, 7) is 0. The lowest BCUT2D eigenvalue weighted by Gasteiger charge is -2.10. The third kappa shape index (κ3) is 3.60. The van der Waals surface area contributed by atoms with Gasteiger partial charge in [0.1, 0.15) is 17.5 Å². The third-order valence-electron chi connectivity index (χ3n) is 5.06. The minimum Gasteiger partial charge on any atom is -0.273 e. The van der Waals surface area contributed by atoms with E-state index in [0.29, 0.717) is 23.7 Å². The summed E-state index contributed by atoms with van der Waals surface area (Å²) in [6, 6.07) is 5.74. The van der Waals surface area contributed by atoms with Gasteiger partial charge in [-0.2, -0.15) is 5.10 Å². The van der Waals surface area contributed by atoms with Gasteiger partial charge < -0.3 is 0 Å². The molecule has 3 aromatic rings. The van der Waals surface area contributed by atoms with Crippen molar-refractivity contribution in [3.8, 4) is 5.69 Å². The van der Waals surface area contributed by atoms with Crippen LogP contribution in [0.2, 0.25) is 0 Å². The summed E-state index contributed by atoms with van der Waals surface area (Å²) in [5.74, 6) is 0.0592. The van der Waals surface area contributed by atoms with E-state index in [1.54, 1.807) is 12.1 Å². The standard InChI is InChI=1S/C19H20FN5O2/c20-14-6-8-15(9-7-14)25-18-16(11-22-25)19(27)24(12-21-18)23-17(26)10-5-13-3-1-2-4-13/h6-9,11-13H,1-5,10H2,(H,23,26). The number of nitrogens with zero attached hydrogens (tertiary/aromatic N) is 4. The summed E-state index contributed by atoms with van der Waals surface area (Å²) in [5, 5.41) is 4.45. The first-order valence-electron chi connectivity index (χ1n) is 9.13. The quantitative estimate of drug-likeness (QED) is 0.750. The van der Waals surface area contributed by atoms with Crippen molar-refractivity contribution in [2.45, 2.75) is 38.5 Å². The Kier molecular flexibility index (Phi) is 4.70. The molecule has 0 radical (unpaired) electrons. The Labute approximate surface area is 154 Å². The maximum absolute atomic E-state index is 13.1. The molecule has 1 aliphatic carbocycles. The number of halogens is 1. The molecule has 0 spiro atoms. The van der Waals surface area contributed by atoms with Gasteiger partial charge in [-0.3, -0.25) is 15.0 Å². The number of nitrogens with one attached hydrogen (secondary N) is 1. The highest BCUT2D eigenvalue weighted by Gasteiger charge is 2.17. The van der Waals surface area contributed by atoms with E-state index in [1.165, 1.54) is 55.0 Å². The van der Waals surface area contributed by atoms with Crippen molar-refractivity contribution < 1.29 is 9.18 Å². The van der Waals surface area contributed by atoms with Gasteiger partial charge in [0.15, 0.2) is 5.65 Å². The molecule has 2 aromatic heterocycles. The number of amides is 1. The van der Waals surface area contributed by atoms with E-state index < -0.39 is 5.56 Å². The second-order valence-corrected chi connectivity index (χ2v) is 6.91. The molecule has 1 fully saturated rings. The number of carbonyl (C=O) groups excluding carboxylic acids is 1. The van der Waals surface area contributed by atoms with E-state index in [9.17, 15) is 14.0 Å². The van der Waals surface area contributed by atoms with Crippen LogP contribution in [-0.4, -0.2) is 25.3 Å². The summed E-state index contributed by atoms with van der Waals surface area (Å²) in [6.07, 6.45) is 8.76. The predicted octanol–water partition coefficient (Wildman–Crippen LogP) is 2.76. The van der Waals surface area contributed by atoms with Crippen LogP contribution in [0, 0.1) is 11.7 Å². The largest absolute Gasteiger partial charge is 0.283 e. The van der Waals surface area contributed by atoms with E-state index in [4.69, 9.17) is 0 Å². The van der Waals surface area contributed by atoms with Crippen LogP contribution in [0.3, 0.4) is 0 Å². The van der Waals surface area contributed by atoms with Crippen LogP contribution in [0.1, 0.15) is 38.5 Å². The Morgan fingerprint density at radius 3 is 2.70 bits per heavy atom. The van der Waals surface area contributed by atoms with Gasteiger partial charge in [0.05, 0.1) is 11.9 Å². The highest BCUT2D eigenvalue weighted by atomic mass is 19.1. The summed E-state index contributed by atoms with van der Waals surface area (Å²) < 4.78 is 15.7. The van der Waals surface area contributed by atoms with E-state index in [1.807, 2.05) is 0 Å². The molecule has 27 heavy (non-hydrogen) atoms. The summed E-state index contributed by atoms with van der Waals surface area (Å²) >= 11 is 0. The lowest BCUT2D eigenvalue weighted by Crippen LogP contribution is -2.33. The fourth-order valence-electron chi connectivity index (χ4n) is 3.59. The molecule has 4 rings (SSSR count). The van der Waals surface area contributed by atoms with Crippen LogP contribution in [0.4, 0.5) is 4.39 Å². The van der Waals surface area contributed by atoms with E-state index in [2.05, 4.69) is 15.5 Å². The number of hydrogen-bond acceptors (Lipinski definition) is 4. The second-order valence-electron chi connectivity index (χ2n) is 6.91. The van der Waals surface area contributed by atoms with Crippen LogP contribution in [-0.2, 0) is 4.79 Å². The van der Waals surface area contributed by atoms with Crippen LogP contribution in [0.5, 0.6) is 0 Å². The Morgan fingerprint density at radius 2 is 1.96 bits per heavy atom. The molecule has 1 aliphatic rings. The zero-order valence-corrected chi connectivity index (χ0v) is 14.8. The van der Waals surface area contributed by atoms with Gasteiger partial charge >= 0.3 is 0 Å². The van der Waals surface area contributed by atoms with Crippen LogP contribution in [0.15, 0.2) is 41.6 Å². The molecule has 1 saturated carbocycles. The van der Waals surface area contributed by atoms with Crippen LogP contribution in [0.25, 0.3) is 16.7 Å². The van der Waals surface area contributed by atoms with Gasteiger partial charge in [0.2, 0.25) is 5.91 Å². The monoisotopic (exact) mass is 369 g/mol. The Balaban J connectivity index is 1.53. The lowest BCUT2D eigenvalue weighted by atomic mass is 10.0. The fraction of sp³-hybridized carbons (Fsp3) is 0.368. The van der Waals surface area contributed by atoms with E-state index in [-0.39, 0.29) is 17.1 Å². The molecule has 0 saturated heterocycles. The second kappa shape index (κ2) is 7.30. The van der Waals surface area contributed by atoms with Crippen molar-refractivity contribution in [2.75, 3.05) is 5.43 Å². The van der Waals surface area contributed by atoms with Crippen LogP contribution < -0.4 is 11.0 Å². The van der Waals surface area contributed by atoms with Gasteiger partial charge in [0, 0.05) is 6.42 Å². The maximum atomic E-state index is 13.1. The number of aromatic nitrogens is 4. The number of benzene rings is 1. The van der Waals surface area contributed by atoms with Crippen LogP contribution >= 0.6 is 0 Å². The molecule has 7 nitrogen and oxygen atoms in total. The molecule has 0 unspecified atom stereocenters. The van der Waals surface area contributed by atoms with Gasteiger partial charge in [-0.25, -0.2) is 18.7 Å².